The van der Waals surface area contributed by atoms with Crippen molar-refractivity contribution in [3.8, 4) is 0 Å². The van der Waals surface area contributed by atoms with Crippen LogP contribution in [0.1, 0.15) is 29.3 Å². The lowest BCUT2D eigenvalue weighted by Gasteiger charge is -2.31. The molecule has 0 saturated carbocycles. The topological polar surface area (TPSA) is 62.5 Å². The minimum Gasteiger partial charge on any atom is -0.359 e. The number of nitrogens with one attached hydrogen (secondary N) is 1. The molecule has 160 valence electrons. The van der Waals surface area contributed by atoms with Crippen molar-refractivity contribution >= 4 is 28.8 Å². The minimum atomic E-state index is -0.912. The van der Waals surface area contributed by atoms with Crippen molar-refractivity contribution in [2.45, 2.75) is 13.3 Å². The number of benzene rings is 2. The molecule has 1 amide bonds. The molecule has 2 heterocycles. The second kappa shape index (κ2) is 8.94. The van der Waals surface area contributed by atoms with Gasteiger partial charge in [0.25, 0.3) is 5.91 Å². The van der Waals surface area contributed by atoms with E-state index in [1.165, 1.54) is 17.8 Å². The van der Waals surface area contributed by atoms with Crippen molar-refractivity contribution in [1.29, 1.82) is 0 Å². The SMILES string of the molecule is [C-]#[N+]c1nccnc1N1CCC(C)=C(c2ccc(NC(=O)c3c(F)cccc3F)cc2)C1. The Morgan fingerprint density at radius 3 is 2.47 bits per heavy atom. The number of anilines is 2. The molecule has 2 aromatic carbocycles. The van der Waals surface area contributed by atoms with Gasteiger partial charge >= 0.3 is 5.82 Å². The van der Waals surface area contributed by atoms with Gasteiger partial charge in [-0.3, -0.25) is 4.79 Å². The van der Waals surface area contributed by atoms with E-state index in [0.29, 0.717) is 18.1 Å². The Labute approximate surface area is 184 Å². The highest BCUT2D eigenvalue weighted by Gasteiger charge is 2.22. The Kier molecular flexibility index (Phi) is 5.90. The van der Waals surface area contributed by atoms with Crippen LogP contribution < -0.4 is 10.2 Å². The summed E-state index contributed by atoms with van der Waals surface area (Å²) in [5.74, 6) is -1.84. The van der Waals surface area contributed by atoms with Crippen LogP contribution in [0.4, 0.5) is 26.1 Å². The van der Waals surface area contributed by atoms with Crippen LogP contribution in [-0.2, 0) is 0 Å². The van der Waals surface area contributed by atoms with Gasteiger partial charge in [0, 0.05) is 18.8 Å². The predicted molar refractivity (Wildman–Crippen MR) is 118 cm³/mol. The second-order valence-corrected chi connectivity index (χ2v) is 7.37. The third kappa shape index (κ3) is 4.18. The predicted octanol–water partition coefficient (Wildman–Crippen LogP) is 5.24. The third-order valence-corrected chi connectivity index (χ3v) is 5.37. The summed E-state index contributed by atoms with van der Waals surface area (Å²) in [7, 11) is 0. The monoisotopic (exact) mass is 431 g/mol. The van der Waals surface area contributed by atoms with Gasteiger partial charge in [0.05, 0.1) is 6.20 Å². The number of halogens is 2. The van der Waals surface area contributed by atoms with E-state index in [4.69, 9.17) is 6.57 Å². The highest BCUT2D eigenvalue weighted by molar-refractivity contribution is 6.04. The highest BCUT2D eigenvalue weighted by atomic mass is 19.1. The van der Waals surface area contributed by atoms with Crippen LogP contribution in [-0.4, -0.2) is 29.0 Å². The molecule has 1 aromatic heterocycles. The van der Waals surface area contributed by atoms with Gasteiger partial charge in [-0.15, -0.1) is 4.98 Å². The number of hydrogen-bond acceptors (Lipinski definition) is 4. The van der Waals surface area contributed by atoms with E-state index in [1.807, 2.05) is 17.0 Å². The molecule has 0 saturated heterocycles. The lowest BCUT2D eigenvalue weighted by molar-refractivity contribution is 0.101. The Bertz CT molecular complexity index is 1230. The first-order valence-corrected chi connectivity index (χ1v) is 9.95. The second-order valence-electron chi connectivity index (χ2n) is 7.37. The fraction of sp³-hybridized carbons (Fsp3) is 0.167. The van der Waals surface area contributed by atoms with Gasteiger partial charge < -0.3 is 15.1 Å². The van der Waals surface area contributed by atoms with Gasteiger partial charge in [0.2, 0.25) is 0 Å². The van der Waals surface area contributed by atoms with E-state index < -0.39 is 23.1 Å². The van der Waals surface area contributed by atoms with Gasteiger partial charge in [-0.25, -0.2) is 13.8 Å². The van der Waals surface area contributed by atoms with E-state index >= 15 is 0 Å². The molecule has 0 fully saturated rings. The average Bonchev–Trinajstić information content (AvgIpc) is 2.80. The maximum atomic E-state index is 13.8. The molecule has 1 aliphatic heterocycles. The Hall–Kier alpha value is -4.12. The third-order valence-electron chi connectivity index (χ3n) is 5.37. The van der Waals surface area contributed by atoms with Gasteiger partial charge in [-0.05, 0) is 48.7 Å². The first-order valence-electron chi connectivity index (χ1n) is 9.95. The van der Waals surface area contributed by atoms with E-state index in [1.54, 1.807) is 18.3 Å². The Morgan fingerprint density at radius 2 is 1.78 bits per heavy atom. The van der Waals surface area contributed by atoms with E-state index in [2.05, 4.69) is 27.1 Å². The van der Waals surface area contributed by atoms with E-state index in [0.717, 1.165) is 36.2 Å². The zero-order valence-electron chi connectivity index (χ0n) is 17.3. The fourth-order valence-electron chi connectivity index (χ4n) is 3.67. The molecule has 0 atom stereocenters. The first-order chi connectivity index (χ1) is 15.5. The van der Waals surface area contributed by atoms with Crippen LogP contribution >= 0.6 is 0 Å². The summed E-state index contributed by atoms with van der Waals surface area (Å²) in [6.45, 7) is 10.7. The van der Waals surface area contributed by atoms with Crippen molar-refractivity contribution in [2.24, 2.45) is 0 Å². The smallest absolute Gasteiger partial charge is 0.312 e. The first kappa shape index (κ1) is 21.1. The molecule has 8 heteroatoms. The van der Waals surface area contributed by atoms with Gasteiger partial charge in [-0.2, -0.15) is 0 Å². The number of rotatable bonds is 4. The maximum absolute atomic E-state index is 13.8. The molecule has 32 heavy (non-hydrogen) atoms. The van der Waals surface area contributed by atoms with E-state index in [-0.39, 0.29) is 5.82 Å². The zero-order chi connectivity index (χ0) is 22.7. The number of nitrogens with zero attached hydrogens (tertiary/aromatic N) is 4. The number of carbonyl (C=O) groups is 1. The van der Waals surface area contributed by atoms with Crippen molar-refractivity contribution in [3.05, 3.63) is 94.6 Å². The van der Waals surface area contributed by atoms with Crippen LogP contribution in [0.25, 0.3) is 10.4 Å². The van der Waals surface area contributed by atoms with Crippen LogP contribution in [0.2, 0.25) is 0 Å². The number of amides is 1. The molecule has 4 rings (SSSR count). The summed E-state index contributed by atoms with van der Waals surface area (Å²) < 4.78 is 27.7. The molecule has 0 aliphatic carbocycles. The molecule has 6 nitrogen and oxygen atoms in total. The molecule has 3 aromatic rings. The minimum absolute atomic E-state index is 0.268. The molecule has 1 aliphatic rings. The molecule has 0 unspecified atom stereocenters. The lowest BCUT2D eigenvalue weighted by atomic mass is 9.95. The highest BCUT2D eigenvalue weighted by Crippen LogP contribution is 2.32. The molecule has 0 spiro atoms. The Balaban J connectivity index is 1.53. The summed E-state index contributed by atoms with van der Waals surface area (Å²) in [5.41, 5.74) is 3.08. The Morgan fingerprint density at radius 1 is 1.09 bits per heavy atom. The summed E-state index contributed by atoms with van der Waals surface area (Å²) >= 11 is 0. The van der Waals surface area contributed by atoms with Gasteiger partial charge in [0.15, 0.2) is 5.82 Å². The summed E-state index contributed by atoms with van der Waals surface area (Å²) in [6, 6.07) is 10.4. The molecular weight excluding hydrogens is 412 g/mol. The van der Waals surface area contributed by atoms with Crippen LogP contribution in [0.5, 0.6) is 0 Å². The molecule has 1 N–H and O–H groups in total. The average molecular weight is 431 g/mol. The largest absolute Gasteiger partial charge is 0.359 e. The standard InChI is InChI=1S/C24H19F2N5O/c1-15-10-13-31(23-22(27-2)28-11-12-29-23)14-18(15)16-6-8-17(9-7-16)30-24(32)21-19(25)4-3-5-20(21)26/h3-9,11-12H,10,13-14H2,1H3,(H,30,32). The fourth-order valence-corrected chi connectivity index (χ4v) is 3.67. The number of carbonyl (C=O) groups excluding carboxylic acids is 1. The van der Waals surface area contributed by atoms with Gasteiger partial charge in [0.1, 0.15) is 23.4 Å². The van der Waals surface area contributed by atoms with E-state index in [9.17, 15) is 13.6 Å². The molecular formula is C24H19F2N5O. The normalized spacial score (nSPS) is 13.6. The summed E-state index contributed by atoms with van der Waals surface area (Å²) in [5, 5.41) is 2.53. The van der Waals surface area contributed by atoms with Crippen LogP contribution in [0.15, 0.2) is 60.4 Å². The van der Waals surface area contributed by atoms with Gasteiger partial charge in [-0.1, -0.05) is 30.3 Å². The van der Waals surface area contributed by atoms with Crippen LogP contribution in [0, 0.1) is 18.2 Å². The maximum Gasteiger partial charge on any atom is 0.312 e. The number of aromatic nitrogens is 2. The molecule has 0 radical (unpaired) electrons. The van der Waals surface area contributed by atoms with Crippen molar-refractivity contribution in [2.75, 3.05) is 23.3 Å². The van der Waals surface area contributed by atoms with Crippen molar-refractivity contribution in [3.63, 3.8) is 0 Å². The lowest BCUT2D eigenvalue weighted by Crippen LogP contribution is -2.31. The summed E-state index contributed by atoms with van der Waals surface area (Å²) in [4.78, 5) is 26.2. The molecule has 0 bridgehead atoms. The number of hydrogen-bond donors (Lipinski definition) is 1. The van der Waals surface area contributed by atoms with Crippen molar-refractivity contribution < 1.29 is 13.6 Å². The van der Waals surface area contributed by atoms with Crippen molar-refractivity contribution in [1.82, 2.24) is 9.97 Å². The van der Waals surface area contributed by atoms with Crippen LogP contribution in [0.3, 0.4) is 0 Å². The quantitative estimate of drug-likeness (QED) is 0.574. The zero-order valence-corrected chi connectivity index (χ0v) is 17.3. The summed E-state index contributed by atoms with van der Waals surface area (Å²) in [6.07, 6.45) is 3.89.